The predicted octanol–water partition coefficient (Wildman–Crippen LogP) is 0.0194. The molecule has 0 atom stereocenters. The molecule has 0 aliphatic carbocycles. The van der Waals surface area contributed by atoms with Crippen LogP contribution in [0.1, 0.15) is 13.3 Å². The molecule has 2 N–H and O–H groups in total. The molecule has 0 aliphatic heterocycles. The molecule has 94 valence electrons. The minimum atomic E-state index is -0.738. The van der Waals surface area contributed by atoms with E-state index in [9.17, 15) is 9.59 Å². The number of nitrogens with one attached hydrogen (secondary N) is 2. The number of nitrogens with zero attached hydrogens (tertiary/aromatic N) is 2. The van der Waals surface area contributed by atoms with Crippen molar-refractivity contribution in [1.82, 2.24) is 15.5 Å². The van der Waals surface area contributed by atoms with Gasteiger partial charge < -0.3 is 10.1 Å². The topological polar surface area (TPSA) is 93.2 Å². The zero-order valence-corrected chi connectivity index (χ0v) is 10.2. The first-order valence-electron chi connectivity index (χ1n) is 5.17. The van der Waals surface area contributed by atoms with Crippen LogP contribution >= 0.6 is 11.3 Å². The fourth-order valence-corrected chi connectivity index (χ4v) is 1.42. The van der Waals surface area contributed by atoms with Gasteiger partial charge >= 0.3 is 11.8 Å². The molecule has 0 aliphatic rings. The summed E-state index contributed by atoms with van der Waals surface area (Å²) >= 11 is 1.15. The first-order valence-corrected chi connectivity index (χ1v) is 6.05. The van der Waals surface area contributed by atoms with E-state index in [1.165, 1.54) is 5.51 Å². The van der Waals surface area contributed by atoms with E-state index in [4.69, 9.17) is 4.74 Å². The maximum atomic E-state index is 11.3. The van der Waals surface area contributed by atoms with Crippen molar-refractivity contribution in [2.24, 2.45) is 0 Å². The average Bonchev–Trinajstić information content (AvgIpc) is 2.81. The Labute approximate surface area is 103 Å². The normalized spacial score (nSPS) is 9.94. The van der Waals surface area contributed by atoms with Crippen LogP contribution < -0.4 is 10.6 Å². The van der Waals surface area contributed by atoms with Gasteiger partial charge in [-0.1, -0.05) is 11.3 Å². The fourth-order valence-electron chi connectivity index (χ4n) is 0.982. The summed E-state index contributed by atoms with van der Waals surface area (Å²) in [6, 6.07) is 0. The predicted molar refractivity (Wildman–Crippen MR) is 62.7 cm³/mol. The second-order valence-corrected chi connectivity index (χ2v) is 3.84. The molecule has 2 amide bonds. The second-order valence-electron chi connectivity index (χ2n) is 3.00. The molecule has 7 nitrogen and oxygen atoms in total. The van der Waals surface area contributed by atoms with E-state index in [0.717, 1.165) is 11.3 Å². The molecule has 1 aromatic heterocycles. The summed E-state index contributed by atoms with van der Waals surface area (Å²) in [6.07, 6.45) is 0.672. The van der Waals surface area contributed by atoms with Crippen molar-refractivity contribution in [2.45, 2.75) is 13.3 Å². The summed E-state index contributed by atoms with van der Waals surface area (Å²) in [5.74, 6) is -1.42. The number of ether oxygens (including phenoxy) is 1. The first kappa shape index (κ1) is 13.5. The van der Waals surface area contributed by atoms with Crippen LogP contribution in [-0.2, 0) is 14.3 Å². The highest BCUT2D eigenvalue weighted by atomic mass is 32.1. The van der Waals surface area contributed by atoms with E-state index in [2.05, 4.69) is 20.8 Å². The van der Waals surface area contributed by atoms with E-state index in [0.29, 0.717) is 31.3 Å². The number of carbonyl (C=O) groups is 2. The molecular weight excluding hydrogens is 244 g/mol. The van der Waals surface area contributed by atoms with Crippen LogP contribution in [0.2, 0.25) is 0 Å². The molecule has 0 saturated heterocycles. The Morgan fingerprint density at radius 2 is 2.29 bits per heavy atom. The molecule has 0 unspecified atom stereocenters. The number of hydrogen-bond acceptors (Lipinski definition) is 6. The van der Waals surface area contributed by atoms with Crippen molar-refractivity contribution in [3.63, 3.8) is 0 Å². The summed E-state index contributed by atoms with van der Waals surface area (Å²) in [5, 5.41) is 12.3. The summed E-state index contributed by atoms with van der Waals surface area (Å²) in [7, 11) is 0. The van der Waals surface area contributed by atoms with Crippen molar-refractivity contribution in [1.29, 1.82) is 0 Å². The van der Waals surface area contributed by atoms with Gasteiger partial charge in [0.05, 0.1) is 0 Å². The van der Waals surface area contributed by atoms with Crippen LogP contribution in [0.5, 0.6) is 0 Å². The molecule has 0 bridgehead atoms. The van der Waals surface area contributed by atoms with Gasteiger partial charge in [-0.15, -0.1) is 10.2 Å². The summed E-state index contributed by atoms with van der Waals surface area (Å²) < 4.78 is 5.09. The van der Waals surface area contributed by atoms with Gasteiger partial charge in [-0.05, 0) is 13.3 Å². The van der Waals surface area contributed by atoms with Gasteiger partial charge in [-0.2, -0.15) is 0 Å². The monoisotopic (exact) mass is 258 g/mol. The molecule has 0 spiro atoms. The van der Waals surface area contributed by atoms with Crippen molar-refractivity contribution in [3.05, 3.63) is 5.51 Å². The Balaban J connectivity index is 2.16. The molecule has 0 aromatic carbocycles. The Kier molecular flexibility index (Phi) is 6.12. The molecule has 0 radical (unpaired) electrons. The van der Waals surface area contributed by atoms with E-state index in [1.54, 1.807) is 0 Å². The summed E-state index contributed by atoms with van der Waals surface area (Å²) in [5.41, 5.74) is 1.47. The van der Waals surface area contributed by atoms with Crippen molar-refractivity contribution < 1.29 is 14.3 Å². The highest BCUT2D eigenvalue weighted by Gasteiger charge is 2.13. The SMILES string of the molecule is CCOCCCNC(=O)C(=O)Nc1nncs1. The molecule has 17 heavy (non-hydrogen) atoms. The Hall–Kier alpha value is -1.54. The lowest BCUT2D eigenvalue weighted by Crippen LogP contribution is -2.36. The van der Waals surface area contributed by atoms with Crippen LogP contribution in [0.3, 0.4) is 0 Å². The zero-order valence-electron chi connectivity index (χ0n) is 9.43. The van der Waals surface area contributed by atoms with E-state index >= 15 is 0 Å². The third-order valence-corrected chi connectivity index (χ3v) is 2.35. The largest absolute Gasteiger partial charge is 0.382 e. The Morgan fingerprint density at radius 1 is 1.47 bits per heavy atom. The van der Waals surface area contributed by atoms with Crippen LogP contribution in [0.15, 0.2) is 5.51 Å². The first-order chi connectivity index (χ1) is 8.24. The van der Waals surface area contributed by atoms with Gasteiger partial charge in [0.15, 0.2) is 0 Å². The third kappa shape index (κ3) is 5.36. The Bertz CT molecular complexity index is 355. The minimum absolute atomic E-state index is 0.305. The van der Waals surface area contributed by atoms with Gasteiger partial charge in [0.1, 0.15) is 5.51 Å². The van der Waals surface area contributed by atoms with Crippen LogP contribution in [0.4, 0.5) is 5.13 Å². The zero-order chi connectivity index (χ0) is 12.5. The van der Waals surface area contributed by atoms with Crippen molar-refractivity contribution >= 4 is 28.3 Å². The van der Waals surface area contributed by atoms with Crippen molar-refractivity contribution in [2.75, 3.05) is 25.1 Å². The maximum Gasteiger partial charge on any atom is 0.315 e. The van der Waals surface area contributed by atoms with Gasteiger partial charge in [0.2, 0.25) is 5.13 Å². The van der Waals surface area contributed by atoms with E-state index < -0.39 is 11.8 Å². The van der Waals surface area contributed by atoms with E-state index in [1.807, 2.05) is 6.92 Å². The van der Waals surface area contributed by atoms with Crippen LogP contribution in [0.25, 0.3) is 0 Å². The summed E-state index contributed by atoms with van der Waals surface area (Å²) in [6.45, 7) is 3.51. The number of anilines is 1. The number of aromatic nitrogens is 2. The molecular formula is C9H14N4O3S. The molecule has 1 heterocycles. The maximum absolute atomic E-state index is 11.3. The molecule has 8 heteroatoms. The standard InChI is InChI=1S/C9H14N4O3S/c1-2-16-5-3-4-10-7(14)8(15)12-9-13-11-6-17-9/h6H,2-5H2,1H3,(H,10,14)(H,12,13,15). The molecule has 1 aromatic rings. The van der Waals surface area contributed by atoms with E-state index in [-0.39, 0.29) is 0 Å². The quantitative estimate of drug-likeness (QED) is 0.554. The average molecular weight is 258 g/mol. The Morgan fingerprint density at radius 3 is 2.94 bits per heavy atom. The smallest absolute Gasteiger partial charge is 0.315 e. The van der Waals surface area contributed by atoms with Crippen LogP contribution in [-0.4, -0.2) is 41.8 Å². The van der Waals surface area contributed by atoms with Gasteiger partial charge in [-0.25, -0.2) is 0 Å². The lowest BCUT2D eigenvalue weighted by atomic mass is 10.4. The number of carbonyl (C=O) groups excluding carboxylic acids is 2. The van der Waals surface area contributed by atoms with Crippen LogP contribution in [0, 0.1) is 0 Å². The number of amides is 2. The highest BCUT2D eigenvalue weighted by Crippen LogP contribution is 2.06. The summed E-state index contributed by atoms with van der Waals surface area (Å²) in [4.78, 5) is 22.6. The number of rotatable bonds is 6. The molecule has 0 fully saturated rings. The van der Waals surface area contributed by atoms with Crippen molar-refractivity contribution in [3.8, 4) is 0 Å². The van der Waals surface area contributed by atoms with Gasteiger partial charge in [0.25, 0.3) is 0 Å². The lowest BCUT2D eigenvalue weighted by molar-refractivity contribution is -0.136. The highest BCUT2D eigenvalue weighted by molar-refractivity contribution is 7.13. The fraction of sp³-hybridized carbons (Fsp3) is 0.556. The number of hydrogen-bond donors (Lipinski definition) is 2. The van der Waals surface area contributed by atoms with Gasteiger partial charge in [-0.3, -0.25) is 14.9 Å². The third-order valence-electron chi connectivity index (χ3n) is 1.74. The van der Waals surface area contributed by atoms with Gasteiger partial charge in [0, 0.05) is 19.8 Å². The second kappa shape index (κ2) is 7.69. The minimum Gasteiger partial charge on any atom is -0.382 e. The lowest BCUT2D eigenvalue weighted by Gasteiger charge is -2.04. The molecule has 1 rings (SSSR count). The molecule has 0 saturated carbocycles.